The number of hydrogen-bond acceptors (Lipinski definition) is 4. The average Bonchev–Trinajstić information content (AvgIpc) is 2.97. The number of para-hydroxylation sites is 1. The Morgan fingerprint density at radius 1 is 1.12 bits per heavy atom. The number of nitrogens with zero attached hydrogens (tertiary/aromatic N) is 1. The van der Waals surface area contributed by atoms with Gasteiger partial charge in [-0.1, -0.05) is 18.2 Å². The van der Waals surface area contributed by atoms with E-state index < -0.39 is 14.8 Å². The minimum Gasteiger partial charge on any atom is -0.285 e. The van der Waals surface area contributed by atoms with E-state index in [1.807, 2.05) is 23.2 Å². The van der Waals surface area contributed by atoms with Crippen molar-refractivity contribution in [1.29, 1.82) is 0 Å². The van der Waals surface area contributed by atoms with Gasteiger partial charge in [0.05, 0.1) is 10.4 Å². The molecule has 1 aliphatic carbocycles. The number of carbonyl (C=O) groups is 1. The molecule has 2 aliphatic rings. The van der Waals surface area contributed by atoms with Crippen LogP contribution in [0.4, 0.5) is 5.69 Å². The average molecular weight is 380 g/mol. The summed E-state index contributed by atoms with van der Waals surface area (Å²) < 4.78 is 26.6. The van der Waals surface area contributed by atoms with Crippen molar-refractivity contribution < 1.29 is 13.2 Å². The Kier molecular flexibility index (Phi) is 5.30. The normalized spacial score (nSPS) is 23.6. The molecular formula is C19H29N3O3S. The lowest BCUT2D eigenvalue weighted by atomic mass is 9.86. The van der Waals surface area contributed by atoms with Gasteiger partial charge in [0.15, 0.2) is 0 Å². The fraction of sp³-hybridized carbons (Fsp3) is 0.632. The molecule has 0 bridgehead atoms. The van der Waals surface area contributed by atoms with Gasteiger partial charge < -0.3 is 0 Å². The van der Waals surface area contributed by atoms with Crippen LogP contribution >= 0.6 is 0 Å². The Hall–Kier alpha value is -1.60. The summed E-state index contributed by atoms with van der Waals surface area (Å²) in [6.45, 7) is 5.89. The highest BCUT2D eigenvalue weighted by Crippen LogP contribution is 2.29. The molecule has 1 heterocycles. The first-order chi connectivity index (χ1) is 12.2. The van der Waals surface area contributed by atoms with E-state index >= 15 is 0 Å². The van der Waals surface area contributed by atoms with Crippen LogP contribution in [0.15, 0.2) is 24.3 Å². The Bertz CT molecular complexity index is 762. The lowest BCUT2D eigenvalue weighted by Gasteiger charge is -2.32. The molecule has 1 aliphatic heterocycles. The number of rotatable bonds is 4. The van der Waals surface area contributed by atoms with Crippen molar-refractivity contribution in [3.8, 4) is 0 Å². The van der Waals surface area contributed by atoms with E-state index in [0.29, 0.717) is 25.7 Å². The molecule has 0 unspecified atom stereocenters. The quantitative estimate of drug-likeness (QED) is 0.842. The summed E-state index contributed by atoms with van der Waals surface area (Å²) in [7, 11) is -3.35. The second kappa shape index (κ2) is 7.19. The van der Waals surface area contributed by atoms with Crippen LogP contribution in [0.2, 0.25) is 0 Å². The Labute approximate surface area is 156 Å². The lowest BCUT2D eigenvalue weighted by molar-refractivity contribution is -0.126. The Morgan fingerprint density at radius 2 is 1.77 bits per heavy atom. The molecule has 1 saturated carbocycles. The summed E-state index contributed by atoms with van der Waals surface area (Å²) in [5, 5.41) is 1.94. The zero-order valence-electron chi connectivity index (χ0n) is 15.8. The van der Waals surface area contributed by atoms with Gasteiger partial charge in [-0.25, -0.2) is 13.1 Å². The highest BCUT2D eigenvalue weighted by atomic mass is 32.2. The first-order valence-electron chi connectivity index (χ1n) is 9.35. The maximum atomic E-state index is 12.6. The topological polar surface area (TPSA) is 78.5 Å². The minimum atomic E-state index is -3.35. The van der Waals surface area contributed by atoms with Gasteiger partial charge in [0.2, 0.25) is 15.9 Å². The van der Waals surface area contributed by atoms with Gasteiger partial charge in [-0.2, -0.15) is 0 Å². The van der Waals surface area contributed by atoms with Crippen LogP contribution in [0, 0.1) is 5.92 Å². The van der Waals surface area contributed by atoms with Gasteiger partial charge in [-0.15, -0.1) is 0 Å². The summed E-state index contributed by atoms with van der Waals surface area (Å²) in [4.78, 5) is 12.6. The number of anilines is 1. The van der Waals surface area contributed by atoms with Crippen molar-refractivity contribution in [1.82, 2.24) is 10.1 Å². The Morgan fingerprint density at radius 3 is 2.42 bits per heavy atom. The van der Waals surface area contributed by atoms with Gasteiger partial charge >= 0.3 is 0 Å². The first kappa shape index (κ1) is 19.2. The SMILES string of the molecule is CC(C)(C)S(=O)(=O)N[C@H]1CC[C@H](C(=O)NN2CCc3ccccc32)CC1. The third kappa shape index (κ3) is 4.04. The van der Waals surface area contributed by atoms with Gasteiger partial charge in [0.1, 0.15) is 0 Å². The maximum absolute atomic E-state index is 12.6. The molecule has 0 radical (unpaired) electrons. The number of carbonyl (C=O) groups excluding carboxylic acids is 1. The van der Waals surface area contributed by atoms with Crippen LogP contribution in [0.3, 0.4) is 0 Å². The van der Waals surface area contributed by atoms with Crippen molar-refractivity contribution in [2.24, 2.45) is 5.92 Å². The standard InChI is InChI=1S/C19H29N3O3S/c1-19(2,3)26(24,25)21-16-10-8-15(9-11-16)18(23)20-22-13-12-14-6-4-5-7-17(14)22/h4-7,15-16,21H,8-13H2,1-3H3,(H,20,23)/t15-,16-. The van der Waals surface area contributed by atoms with Crippen LogP contribution in [-0.4, -0.2) is 31.7 Å². The van der Waals surface area contributed by atoms with E-state index in [1.54, 1.807) is 20.8 Å². The smallest absolute Gasteiger partial charge is 0.241 e. The molecule has 1 amide bonds. The molecule has 1 fully saturated rings. The second-order valence-corrected chi connectivity index (χ2v) is 10.8. The molecule has 2 N–H and O–H groups in total. The van der Waals surface area contributed by atoms with Crippen LogP contribution in [0.5, 0.6) is 0 Å². The van der Waals surface area contributed by atoms with Crippen molar-refractivity contribution in [3.05, 3.63) is 29.8 Å². The minimum absolute atomic E-state index is 0.0406. The largest absolute Gasteiger partial charge is 0.285 e. The predicted molar refractivity (Wildman–Crippen MR) is 103 cm³/mol. The highest BCUT2D eigenvalue weighted by Gasteiger charge is 2.34. The van der Waals surface area contributed by atoms with E-state index in [2.05, 4.69) is 16.2 Å². The predicted octanol–water partition coefficient (Wildman–Crippen LogP) is 2.36. The fourth-order valence-electron chi connectivity index (χ4n) is 3.55. The second-order valence-electron chi connectivity index (χ2n) is 8.29. The molecule has 3 rings (SSSR count). The number of benzene rings is 1. The first-order valence-corrected chi connectivity index (χ1v) is 10.8. The molecule has 0 spiro atoms. The van der Waals surface area contributed by atoms with Crippen LogP contribution in [-0.2, 0) is 21.2 Å². The summed E-state index contributed by atoms with van der Waals surface area (Å²) in [6.07, 6.45) is 3.75. The number of hydrogen-bond donors (Lipinski definition) is 2. The molecule has 144 valence electrons. The van der Waals surface area contributed by atoms with Crippen LogP contribution in [0.1, 0.15) is 52.0 Å². The number of amides is 1. The highest BCUT2D eigenvalue weighted by molar-refractivity contribution is 7.90. The summed E-state index contributed by atoms with van der Waals surface area (Å²) in [6, 6.07) is 8.05. The third-order valence-electron chi connectivity index (χ3n) is 5.36. The van der Waals surface area contributed by atoms with Crippen molar-refractivity contribution in [2.75, 3.05) is 11.6 Å². The summed E-state index contributed by atoms with van der Waals surface area (Å²) in [5.41, 5.74) is 5.38. The molecule has 0 atom stereocenters. The number of sulfonamides is 1. The van der Waals surface area contributed by atoms with Crippen molar-refractivity contribution in [2.45, 2.75) is 63.7 Å². The van der Waals surface area contributed by atoms with Crippen molar-refractivity contribution in [3.63, 3.8) is 0 Å². The monoisotopic (exact) mass is 379 g/mol. The Balaban J connectivity index is 1.52. The molecule has 26 heavy (non-hydrogen) atoms. The van der Waals surface area contributed by atoms with Gasteiger partial charge in [0, 0.05) is 18.5 Å². The van der Waals surface area contributed by atoms with Gasteiger partial charge in [-0.3, -0.25) is 15.2 Å². The molecule has 0 aromatic heterocycles. The lowest BCUT2D eigenvalue weighted by Crippen LogP contribution is -2.48. The summed E-state index contributed by atoms with van der Waals surface area (Å²) >= 11 is 0. The van der Waals surface area contributed by atoms with E-state index in [1.165, 1.54) is 5.56 Å². The third-order valence-corrected chi connectivity index (χ3v) is 7.61. The number of nitrogens with one attached hydrogen (secondary N) is 2. The van der Waals surface area contributed by atoms with E-state index in [0.717, 1.165) is 18.7 Å². The fourth-order valence-corrected chi connectivity index (χ4v) is 4.58. The molecule has 1 aromatic rings. The molecule has 0 saturated heterocycles. The van der Waals surface area contributed by atoms with E-state index in [9.17, 15) is 13.2 Å². The summed E-state index contributed by atoms with van der Waals surface area (Å²) in [5.74, 6) is -0.0167. The zero-order valence-corrected chi connectivity index (χ0v) is 16.6. The number of hydrazine groups is 1. The zero-order chi connectivity index (χ0) is 18.9. The van der Waals surface area contributed by atoms with E-state index in [-0.39, 0.29) is 17.9 Å². The molecule has 6 nitrogen and oxygen atoms in total. The van der Waals surface area contributed by atoms with Gasteiger partial charge in [0.25, 0.3) is 0 Å². The molecule has 7 heteroatoms. The van der Waals surface area contributed by atoms with Crippen molar-refractivity contribution >= 4 is 21.6 Å². The van der Waals surface area contributed by atoms with E-state index in [4.69, 9.17) is 0 Å². The molecule has 1 aromatic carbocycles. The van der Waals surface area contributed by atoms with Crippen LogP contribution < -0.4 is 15.2 Å². The maximum Gasteiger partial charge on any atom is 0.241 e. The number of fused-ring (bicyclic) bond motifs is 1. The molecular weight excluding hydrogens is 350 g/mol. The van der Waals surface area contributed by atoms with Crippen LogP contribution in [0.25, 0.3) is 0 Å². The van der Waals surface area contributed by atoms with Gasteiger partial charge in [-0.05, 0) is 64.5 Å².